The van der Waals surface area contributed by atoms with Gasteiger partial charge in [-0.3, -0.25) is 9.67 Å². The van der Waals surface area contributed by atoms with Crippen LogP contribution in [0.2, 0.25) is 0 Å². The van der Waals surface area contributed by atoms with E-state index < -0.39 is 0 Å². The Balaban J connectivity index is 1.90. The van der Waals surface area contributed by atoms with Crippen LogP contribution in [0.1, 0.15) is 18.2 Å². The fraction of sp³-hybridized carbons (Fsp3) is 0.375. The molecule has 0 aliphatic carbocycles. The predicted octanol–water partition coefficient (Wildman–Crippen LogP) is 2.14. The van der Waals surface area contributed by atoms with E-state index in [0.717, 1.165) is 42.1 Å². The molecule has 0 fully saturated rings. The van der Waals surface area contributed by atoms with Crippen LogP contribution < -0.4 is 4.90 Å². The second-order valence-electron chi connectivity index (χ2n) is 5.29. The Morgan fingerprint density at radius 3 is 2.68 bits per heavy atom. The highest BCUT2D eigenvalue weighted by Crippen LogP contribution is 2.25. The molecule has 0 aliphatic rings. The van der Waals surface area contributed by atoms with Gasteiger partial charge in [0.1, 0.15) is 12.1 Å². The standard InChI is InChI=1S/C16H20N6/c1-4-22(10-7-13-5-8-17-9-6-13)16-14-12(2)20-21(3)15(14)18-11-19-16/h5-6,8-9,11H,4,7,10H2,1-3H3. The van der Waals surface area contributed by atoms with Crippen molar-refractivity contribution in [3.63, 3.8) is 0 Å². The maximum Gasteiger partial charge on any atom is 0.163 e. The van der Waals surface area contributed by atoms with Crippen molar-refractivity contribution in [3.05, 3.63) is 42.1 Å². The average molecular weight is 296 g/mol. The number of fused-ring (bicyclic) bond motifs is 1. The molecule has 6 heteroatoms. The molecule has 0 radical (unpaired) electrons. The van der Waals surface area contributed by atoms with Crippen molar-refractivity contribution in [2.75, 3.05) is 18.0 Å². The van der Waals surface area contributed by atoms with Crippen LogP contribution in [-0.4, -0.2) is 37.8 Å². The number of pyridine rings is 1. The molecule has 0 aromatic carbocycles. The summed E-state index contributed by atoms with van der Waals surface area (Å²) in [5.41, 5.74) is 3.13. The Kier molecular flexibility index (Phi) is 4.00. The first-order valence-electron chi connectivity index (χ1n) is 7.49. The molecular weight excluding hydrogens is 276 g/mol. The summed E-state index contributed by atoms with van der Waals surface area (Å²) < 4.78 is 1.81. The number of aromatic nitrogens is 5. The maximum atomic E-state index is 4.51. The number of hydrogen-bond donors (Lipinski definition) is 0. The van der Waals surface area contributed by atoms with E-state index >= 15 is 0 Å². The molecule has 3 aromatic rings. The summed E-state index contributed by atoms with van der Waals surface area (Å²) in [5.74, 6) is 0.965. The van der Waals surface area contributed by atoms with Gasteiger partial charge in [-0.1, -0.05) is 0 Å². The highest BCUT2D eigenvalue weighted by molar-refractivity contribution is 5.89. The fourth-order valence-corrected chi connectivity index (χ4v) is 2.73. The number of nitrogens with zero attached hydrogens (tertiary/aromatic N) is 6. The van der Waals surface area contributed by atoms with Crippen molar-refractivity contribution in [2.45, 2.75) is 20.3 Å². The Hall–Kier alpha value is -2.50. The maximum absolute atomic E-state index is 4.51. The van der Waals surface area contributed by atoms with Crippen LogP contribution in [0, 0.1) is 6.92 Å². The fourth-order valence-electron chi connectivity index (χ4n) is 2.73. The number of anilines is 1. The van der Waals surface area contributed by atoms with Gasteiger partial charge in [0.25, 0.3) is 0 Å². The molecule has 3 aromatic heterocycles. The molecule has 114 valence electrons. The van der Waals surface area contributed by atoms with E-state index in [1.54, 1.807) is 6.33 Å². The van der Waals surface area contributed by atoms with Crippen molar-refractivity contribution < 1.29 is 0 Å². The molecule has 0 unspecified atom stereocenters. The van der Waals surface area contributed by atoms with Crippen LogP contribution in [0.5, 0.6) is 0 Å². The topological polar surface area (TPSA) is 59.7 Å². The molecule has 0 atom stereocenters. The van der Waals surface area contributed by atoms with Gasteiger partial charge in [-0.05, 0) is 38.0 Å². The molecule has 6 nitrogen and oxygen atoms in total. The van der Waals surface area contributed by atoms with Crippen LogP contribution in [0.25, 0.3) is 11.0 Å². The first kappa shape index (κ1) is 14.4. The zero-order valence-electron chi connectivity index (χ0n) is 13.2. The van der Waals surface area contributed by atoms with Crippen molar-refractivity contribution >= 4 is 16.9 Å². The molecule has 0 saturated carbocycles. The normalized spacial score (nSPS) is 11.0. The summed E-state index contributed by atoms with van der Waals surface area (Å²) in [4.78, 5) is 15.2. The van der Waals surface area contributed by atoms with E-state index in [1.807, 2.05) is 31.0 Å². The van der Waals surface area contributed by atoms with Crippen LogP contribution in [0.3, 0.4) is 0 Å². The van der Waals surface area contributed by atoms with Gasteiger partial charge in [0.15, 0.2) is 5.65 Å². The van der Waals surface area contributed by atoms with Crippen LogP contribution in [0.15, 0.2) is 30.9 Å². The summed E-state index contributed by atoms with van der Waals surface area (Å²) >= 11 is 0. The summed E-state index contributed by atoms with van der Waals surface area (Å²) in [6.07, 6.45) is 6.24. The van der Waals surface area contributed by atoms with Crippen LogP contribution in [-0.2, 0) is 13.5 Å². The van der Waals surface area contributed by atoms with Crippen LogP contribution in [0.4, 0.5) is 5.82 Å². The third-order valence-corrected chi connectivity index (χ3v) is 3.88. The molecular formula is C16H20N6. The van der Waals surface area contributed by atoms with Gasteiger partial charge < -0.3 is 4.90 Å². The van der Waals surface area contributed by atoms with E-state index in [1.165, 1.54) is 5.56 Å². The minimum atomic E-state index is 0.880. The quantitative estimate of drug-likeness (QED) is 0.722. The van der Waals surface area contributed by atoms with E-state index in [-0.39, 0.29) is 0 Å². The van der Waals surface area contributed by atoms with Gasteiger partial charge >= 0.3 is 0 Å². The first-order chi connectivity index (χ1) is 10.7. The second-order valence-corrected chi connectivity index (χ2v) is 5.29. The minimum absolute atomic E-state index is 0.880. The lowest BCUT2D eigenvalue weighted by Crippen LogP contribution is -2.26. The number of aryl methyl sites for hydroxylation is 2. The molecule has 3 heterocycles. The van der Waals surface area contributed by atoms with Crippen LogP contribution >= 0.6 is 0 Å². The molecule has 0 saturated heterocycles. The molecule has 0 bridgehead atoms. The number of hydrogen-bond acceptors (Lipinski definition) is 5. The summed E-state index contributed by atoms with van der Waals surface area (Å²) in [7, 11) is 1.92. The second kappa shape index (κ2) is 6.09. The summed E-state index contributed by atoms with van der Waals surface area (Å²) in [6.45, 7) is 5.95. The molecule has 3 rings (SSSR count). The first-order valence-corrected chi connectivity index (χ1v) is 7.49. The molecule has 22 heavy (non-hydrogen) atoms. The summed E-state index contributed by atoms with van der Waals surface area (Å²) in [6, 6.07) is 4.11. The third kappa shape index (κ3) is 2.64. The lowest BCUT2D eigenvalue weighted by atomic mass is 10.2. The average Bonchev–Trinajstić information content (AvgIpc) is 2.84. The van der Waals surface area contributed by atoms with Crippen molar-refractivity contribution in [3.8, 4) is 0 Å². The lowest BCUT2D eigenvalue weighted by molar-refractivity contribution is 0.772. The molecule has 0 N–H and O–H groups in total. The van der Waals surface area contributed by atoms with Gasteiger partial charge in [0.05, 0.1) is 11.1 Å². The Bertz CT molecular complexity index is 765. The van der Waals surface area contributed by atoms with Gasteiger partial charge in [0, 0.05) is 32.5 Å². The molecule has 0 aliphatic heterocycles. The zero-order chi connectivity index (χ0) is 15.5. The third-order valence-electron chi connectivity index (χ3n) is 3.88. The number of likely N-dealkylation sites (N-methyl/N-ethyl adjacent to an activating group) is 1. The predicted molar refractivity (Wildman–Crippen MR) is 86.9 cm³/mol. The van der Waals surface area contributed by atoms with E-state index in [4.69, 9.17) is 0 Å². The largest absolute Gasteiger partial charge is 0.356 e. The van der Waals surface area contributed by atoms with Crippen molar-refractivity contribution in [1.29, 1.82) is 0 Å². The lowest BCUT2D eigenvalue weighted by Gasteiger charge is -2.22. The summed E-state index contributed by atoms with van der Waals surface area (Å²) in [5, 5.41) is 5.51. The van der Waals surface area contributed by atoms with Crippen molar-refractivity contribution in [1.82, 2.24) is 24.7 Å². The Morgan fingerprint density at radius 2 is 1.95 bits per heavy atom. The highest BCUT2D eigenvalue weighted by atomic mass is 15.3. The van der Waals surface area contributed by atoms with E-state index in [2.05, 4.69) is 44.0 Å². The minimum Gasteiger partial charge on any atom is -0.356 e. The molecule has 0 amide bonds. The van der Waals surface area contributed by atoms with Gasteiger partial charge in [0.2, 0.25) is 0 Å². The monoisotopic (exact) mass is 296 g/mol. The van der Waals surface area contributed by atoms with E-state index in [0.29, 0.717) is 0 Å². The zero-order valence-corrected chi connectivity index (χ0v) is 13.2. The smallest absolute Gasteiger partial charge is 0.163 e. The number of rotatable bonds is 5. The Labute approximate surface area is 129 Å². The highest BCUT2D eigenvalue weighted by Gasteiger charge is 2.16. The van der Waals surface area contributed by atoms with Gasteiger partial charge in [-0.2, -0.15) is 5.10 Å². The molecule has 0 spiro atoms. The van der Waals surface area contributed by atoms with Crippen molar-refractivity contribution in [2.24, 2.45) is 7.05 Å². The van der Waals surface area contributed by atoms with E-state index in [9.17, 15) is 0 Å². The Morgan fingerprint density at radius 1 is 1.18 bits per heavy atom. The SMILES string of the molecule is CCN(CCc1ccncc1)c1ncnc2c1c(C)nn2C. The van der Waals surface area contributed by atoms with Gasteiger partial charge in [-0.25, -0.2) is 9.97 Å². The van der Waals surface area contributed by atoms with Gasteiger partial charge in [-0.15, -0.1) is 0 Å².